The van der Waals surface area contributed by atoms with Gasteiger partial charge in [-0.05, 0) is 12.5 Å². The van der Waals surface area contributed by atoms with Gasteiger partial charge in [0.05, 0.1) is 12.6 Å². The molecule has 0 aliphatic heterocycles. The minimum Gasteiger partial charge on any atom is -0.394 e. The van der Waals surface area contributed by atoms with Crippen molar-refractivity contribution in [2.24, 2.45) is 5.73 Å². The molecule has 0 radical (unpaired) electrons. The zero-order valence-electron chi connectivity index (χ0n) is 9.39. The van der Waals surface area contributed by atoms with Gasteiger partial charge in [-0.15, -0.1) is 0 Å². The average Bonchev–Trinajstić information content (AvgIpc) is 2.26. The molecule has 0 aromatic heterocycles. The molecule has 1 aromatic carbocycles. The number of nitrogens with two attached hydrogens (primary N) is 1. The van der Waals surface area contributed by atoms with Gasteiger partial charge in [0.15, 0.2) is 0 Å². The molecule has 1 rings (SSSR count). The summed E-state index contributed by atoms with van der Waals surface area (Å²) in [5.74, 6) is -0.141. The van der Waals surface area contributed by atoms with E-state index in [0.717, 1.165) is 5.56 Å². The maximum Gasteiger partial charge on any atom is 0.222 e. The highest BCUT2D eigenvalue weighted by atomic mass is 16.3. The smallest absolute Gasteiger partial charge is 0.222 e. The van der Waals surface area contributed by atoms with Crippen LogP contribution in [0.1, 0.15) is 24.9 Å². The van der Waals surface area contributed by atoms with E-state index in [1.54, 1.807) is 6.92 Å². The second-order valence-corrected chi connectivity index (χ2v) is 3.89. The van der Waals surface area contributed by atoms with Crippen molar-refractivity contribution in [2.75, 3.05) is 6.61 Å². The van der Waals surface area contributed by atoms with E-state index in [4.69, 9.17) is 5.73 Å². The van der Waals surface area contributed by atoms with Gasteiger partial charge in [0.1, 0.15) is 0 Å². The van der Waals surface area contributed by atoms with Crippen LogP contribution in [0.15, 0.2) is 30.3 Å². The quantitative estimate of drug-likeness (QED) is 0.682. The fraction of sp³-hybridized carbons (Fsp3) is 0.417. The molecule has 0 saturated heterocycles. The Labute approximate surface area is 95.5 Å². The summed E-state index contributed by atoms with van der Waals surface area (Å²) in [5, 5.41) is 12.0. The molecule has 0 spiro atoms. The number of carbonyl (C=O) groups is 1. The second-order valence-electron chi connectivity index (χ2n) is 3.89. The van der Waals surface area contributed by atoms with Gasteiger partial charge in [-0.2, -0.15) is 0 Å². The Morgan fingerprint density at radius 3 is 2.56 bits per heavy atom. The van der Waals surface area contributed by atoms with Crippen molar-refractivity contribution in [3.05, 3.63) is 35.9 Å². The van der Waals surface area contributed by atoms with Crippen LogP contribution in [-0.4, -0.2) is 23.7 Å². The molecule has 0 fully saturated rings. The van der Waals surface area contributed by atoms with Gasteiger partial charge >= 0.3 is 0 Å². The Morgan fingerprint density at radius 2 is 2.06 bits per heavy atom. The van der Waals surface area contributed by atoms with Crippen LogP contribution in [0.25, 0.3) is 0 Å². The molecule has 4 heteroatoms. The maximum absolute atomic E-state index is 11.5. The van der Waals surface area contributed by atoms with Crippen LogP contribution < -0.4 is 11.1 Å². The van der Waals surface area contributed by atoms with Crippen molar-refractivity contribution in [2.45, 2.75) is 25.4 Å². The number of hydrogen-bond acceptors (Lipinski definition) is 3. The van der Waals surface area contributed by atoms with E-state index < -0.39 is 0 Å². The molecule has 1 amide bonds. The highest BCUT2D eigenvalue weighted by Crippen LogP contribution is 2.11. The number of aliphatic hydroxyl groups excluding tert-OH is 1. The first kappa shape index (κ1) is 12.7. The summed E-state index contributed by atoms with van der Waals surface area (Å²) in [7, 11) is 0. The maximum atomic E-state index is 11.5. The van der Waals surface area contributed by atoms with E-state index in [2.05, 4.69) is 5.32 Å². The molecule has 0 saturated carbocycles. The zero-order valence-corrected chi connectivity index (χ0v) is 9.39. The lowest BCUT2D eigenvalue weighted by Crippen LogP contribution is -2.34. The van der Waals surface area contributed by atoms with Gasteiger partial charge in [0, 0.05) is 12.5 Å². The van der Waals surface area contributed by atoms with E-state index in [1.807, 2.05) is 30.3 Å². The first-order valence-corrected chi connectivity index (χ1v) is 5.34. The lowest BCUT2D eigenvalue weighted by Gasteiger charge is -2.17. The molecule has 4 nitrogen and oxygen atoms in total. The Bertz CT molecular complexity index is 325. The standard InChI is InChI=1S/C12H18N2O2/c1-9(13)7-12(16)14-11(8-15)10-5-3-2-4-6-10/h2-6,9,11,15H,7-8,13H2,1H3,(H,14,16)/t9?,11-/m1/s1. The molecule has 16 heavy (non-hydrogen) atoms. The Morgan fingerprint density at radius 1 is 1.44 bits per heavy atom. The number of carbonyl (C=O) groups excluding carboxylic acids is 1. The number of hydrogen-bond donors (Lipinski definition) is 3. The summed E-state index contributed by atoms with van der Waals surface area (Å²) < 4.78 is 0. The van der Waals surface area contributed by atoms with Crippen LogP contribution in [-0.2, 0) is 4.79 Å². The van der Waals surface area contributed by atoms with E-state index in [9.17, 15) is 9.90 Å². The summed E-state index contributed by atoms with van der Waals surface area (Å²) >= 11 is 0. The summed E-state index contributed by atoms with van der Waals surface area (Å²) in [4.78, 5) is 11.5. The molecule has 88 valence electrons. The molecule has 1 aromatic rings. The third kappa shape index (κ3) is 4.00. The van der Waals surface area contributed by atoms with E-state index in [1.165, 1.54) is 0 Å². The highest BCUT2D eigenvalue weighted by Gasteiger charge is 2.13. The van der Waals surface area contributed by atoms with E-state index in [0.29, 0.717) is 0 Å². The number of nitrogens with one attached hydrogen (secondary N) is 1. The normalized spacial score (nSPS) is 14.2. The minimum absolute atomic E-state index is 0.116. The lowest BCUT2D eigenvalue weighted by atomic mass is 10.1. The summed E-state index contributed by atoms with van der Waals surface area (Å²) in [6, 6.07) is 8.84. The monoisotopic (exact) mass is 222 g/mol. The fourth-order valence-electron chi connectivity index (χ4n) is 1.47. The molecule has 4 N–H and O–H groups in total. The van der Waals surface area contributed by atoms with Crippen LogP contribution in [0.4, 0.5) is 0 Å². The summed E-state index contributed by atoms with van der Waals surface area (Å²) in [5.41, 5.74) is 6.42. The molecule has 2 atom stereocenters. The fourth-order valence-corrected chi connectivity index (χ4v) is 1.47. The van der Waals surface area contributed by atoms with Crippen molar-refractivity contribution >= 4 is 5.91 Å². The van der Waals surface area contributed by atoms with Crippen molar-refractivity contribution in [3.63, 3.8) is 0 Å². The Hall–Kier alpha value is -1.39. The predicted molar refractivity (Wildman–Crippen MR) is 62.7 cm³/mol. The number of amides is 1. The van der Waals surface area contributed by atoms with Crippen molar-refractivity contribution in [1.82, 2.24) is 5.32 Å². The van der Waals surface area contributed by atoms with E-state index in [-0.39, 0.29) is 31.0 Å². The van der Waals surface area contributed by atoms with Crippen LogP contribution in [0.2, 0.25) is 0 Å². The largest absolute Gasteiger partial charge is 0.394 e. The molecule has 0 heterocycles. The Kier molecular flexibility index (Phi) is 4.95. The van der Waals surface area contributed by atoms with Crippen molar-refractivity contribution in [1.29, 1.82) is 0 Å². The third-order valence-electron chi connectivity index (χ3n) is 2.23. The van der Waals surface area contributed by atoms with Gasteiger partial charge < -0.3 is 16.2 Å². The third-order valence-corrected chi connectivity index (χ3v) is 2.23. The molecule has 0 bridgehead atoms. The molecular weight excluding hydrogens is 204 g/mol. The molecular formula is C12H18N2O2. The van der Waals surface area contributed by atoms with Gasteiger partial charge in [-0.25, -0.2) is 0 Å². The van der Waals surface area contributed by atoms with E-state index >= 15 is 0 Å². The SMILES string of the molecule is CC(N)CC(=O)N[C@H](CO)c1ccccc1. The zero-order chi connectivity index (χ0) is 12.0. The Balaban J connectivity index is 2.59. The number of aliphatic hydroxyl groups is 1. The second kappa shape index (κ2) is 6.25. The minimum atomic E-state index is -0.354. The predicted octanol–water partition coefficient (Wildman–Crippen LogP) is 0.573. The summed E-state index contributed by atoms with van der Waals surface area (Å²) in [6.07, 6.45) is 0.267. The summed E-state index contributed by atoms with van der Waals surface area (Å²) in [6.45, 7) is 1.66. The lowest BCUT2D eigenvalue weighted by molar-refractivity contribution is -0.122. The first-order valence-electron chi connectivity index (χ1n) is 5.34. The van der Waals surface area contributed by atoms with Gasteiger partial charge in [0.25, 0.3) is 0 Å². The number of benzene rings is 1. The number of rotatable bonds is 5. The van der Waals surface area contributed by atoms with Gasteiger partial charge in [-0.1, -0.05) is 30.3 Å². The van der Waals surface area contributed by atoms with Crippen molar-refractivity contribution < 1.29 is 9.90 Å². The van der Waals surface area contributed by atoms with Gasteiger partial charge in [0.2, 0.25) is 5.91 Å². The average molecular weight is 222 g/mol. The topological polar surface area (TPSA) is 75.4 Å². The molecule has 1 unspecified atom stereocenters. The highest BCUT2D eigenvalue weighted by molar-refractivity contribution is 5.77. The van der Waals surface area contributed by atoms with Gasteiger partial charge in [-0.3, -0.25) is 4.79 Å². The van der Waals surface area contributed by atoms with Crippen LogP contribution in [0.5, 0.6) is 0 Å². The van der Waals surface area contributed by atoms with Crippen LogP contribution >= 0.6 is 0 Å². The van der Waals surface area contributed by atoms with Crippen LogP contribution in [0, 0.1) is 0 Å². The first-order chi connectivity index (χ1) is 7.63. The molecule has 0 aliphatic carbocycles. The van der Waals surface area contributed by atoms with Crippen molar-refractivity contribution in [3.8, 4) is 0 Å². The molecule has 0 aliphatic rings. The van der Waals surface area contributed by atoms with Crippen LogP contribution in [0.3, 0.4) is 0 Å².